The maximum absolute atomic E-state index is 11.6. The monoisotopic (exact) mass is 221 g/mol. The van der Waals surface area contributed by atoms with Crippen LogP contribution in [0.25, 0.3) is 0 Å². The molecule has 1 amide bonds. The van der Waals surface area contributed by atoms with Gasteiger partial charge in [0, 0.05) is 11.6 Å². The highest BCUT2D eigenvalue weighted by atomic mass is 16.5. The van der Waals surface area contributed by atoms with E-state index in [1.165, 1.54) is 0 Å². The first kappa shape index (κ1) is 12.6. The molecule has 3 nitrogen and oxygen atoms in total. The Morgan fingerprint density at radius 1 is 1.31 bits per heavy atom. The van der Waals surface area contributed by atoms with E-state index < -0.39 is 0 Å². The Bertz CT molecular complexity index is 332. The maximum atomic E-state index is 11.6. The summed E-state index contributed by atoms with van der Waals surface area (Å²) >= 11 is 0. The molecule has 1 aromatic rings. The molecule has 0 aliphatic heterocycles. The molecular formula is C13H19NO2. The van der Waals surface area contributed by atoms with Crippen molar-refractivity contribution in [2.75, 3.05) is 11.9 Å². The molecule has 1 aromatic carbocycles. The fourth-order valence-electron chi connectivity index (χ4n) is 1.25. The molecule has 88 valence electrons. The summed E-state index contributed by atoms with van der Waals surface area (Å²) in [7, 11) is 0. The fraction of sp³-hybridized carbons (Fsp3) is 0.462. The van der Waals surface area contributed by atoms with E-state index in [4.69, 9.17) is 4.74 Å². The van der Waals surface area contributed by atoms with Gasteiger partial charge in [0.2, 0.25) is 5.91 Å². The summed E-state index contributed by atoms with van der Waals surface area (Å²) in [5.74, 6) is 0.933. The number of carbonyl (C=O) groups excluding carboxylic acids is 1. The summed E-state index contributed by atoms with van der Waals surface area (Å²) in [6.45, 7) is 6.52. The molecule has 0 saturated heterocycles. The van der Waals surface area contributed by atoms with Crippen molar-refractivity contribution < 1.29 is 9.53 Å². The number of ether oxygens (including phenoxy) is 1. The van der Waals surface area contributed by atoms with Gasteiger partial charge in [0.05, 0.1) is 6.61 Å². The molecule has 0 aliphatic rings. The third kappa shape index (κ3) is 3.57. The minimum absolute atomic E-state index is 0.0477. The quantitative estimate of drug-likeness (QED) is 0.829. The Morgan fingerprint density at radius 3 is 2.44 bits per heavy atom. The van der Waals surface area contributed by atoms with E-state index in [9.17, 15) is 4.79 Å². The van der Waals surface area contributed by atoms with Gasteiger partial charge in [0.15, 0.2) is 0 Å². The molecule has 0 bridgehead atoms. The first-order chi connectivity index (χ1) is 7.67. The molecule has 3 heteroatoms. The van der Waals surface area contributed by atoms with Gasteiger partial charge in [0.25, 0.3) is 0 Å². The van der Waals surface area contributed by atoms with Crippen molar-refractivity contribution in [3.05, 3.63) is 24.3 Å². The van der Waals surface area contributed by atoms with Gasteiger partial charge in [-0.25, -0.2) is 0 Å². The topological polar surface area (TPSA) is 38.3 Å². The third-order valence-electron chi connectivity index (χ3n) is 2.49. The van der Waals surface area contributed by atoms with Gasteiger partial charge < -0.3 is 10.1 Å². The highest BCUT2D eigenvalue weighted by Crippen LogP contribution is 2.16. The number of benzene rings is 1. The molecule has 1 atom stereocenters. The largest absolute Gasteiger partial charge is 0.494 e. The predicted octanol–water partition coefficient (Wildman–Crippen LogP) is 3.07. The Balaban J connectivity index is 2.58. The van der Waals surface area contributed by atoms with Gasteiger partial charge in [-0.3, -0.25) is 4.79 Å². The van der Waals surface area contributed by atoms with Gasteiger partial charge in [-0.2, -0.15) is 0 Å². The van der Waals surface area contributed by atoms with Crippen LogP contribution < -0.4 is 10.1 Å². The first-order valence-electron chi connectivity index (χ1n) is 5.71. The van der Waals surface area contributed by atoms with Crippen LogP contribution in [0, 0.1) is 5.92 Å². The number of hydrogen-bond acceptors (Lipinski definition) is 2. The van der Waals surface area contributed by atoms with E-state index in [1.807, 2.05) is 45.0 Å². The van der Waals surface area contributed by atoms with Crippen molar-refractivity contribution in [3.63, 3.8) is 0 Å². The summed E-state index contributed by atoms with van der Waals surface area (Å²) < 4.78 is 5.32. The van der Waals surface area contributed by atoms with Crippen LogP contribution in [-0.2, 0) is 4.79 Å². The molecule has 1 rings (SSSR count). The zero-order valence-electron chi connectivity index (χ0n) is 10.1. The summed E-state index contributed by atoms with van der Waals surface area (Å²) in [4.78, 5) is 11.6. The number of anilines is 1. The predicted molar refractivity (Wildman–Crippen MR) is 65.7 cm³/mol. The molecule has 0 spiro atoms. The van der Waals surface area contributed by atoms with Gasteiger partial charge in [0.1, 0.15) is 5.75 Å². The minimum atomic E-state index is 0.0477. The van der Waals surface area contributed by atoms with Crippen molar-refractivity contribution in [1.82, 2.24) is 0 Å². The van der Waals surface area contributed by atoms with Crippen molar-refractivity contribution >= 4 is 11.6 Å². The summed E-state index contributed by atoms with van der Waals surface area (Å²) in [5, 5.41) is 2.87. The smallest absolute Gasteiger partial charge is 0.227 e. The van der Waals surface area contributed by atoms with Crippen molar-refractivity contribution in [1.29, 1.82) is 0 Å². The highest BCUT2D eigenvalue weighted by molar-refractivity contribution is 5.92. The molecule has 1 N–H and O–H groups in total. The van der Waals surface area contributed by atoms with Crippen LogP contribution in [0.15, 0.2) is 24.3 Å². The van der Waals surface area contributed by atoms with E-state index >= 15 is 0 Å². The Labute approximate surface area is 96.8 Å². The lowest BCUT2D eigenvalue weighted by atomic mass is 10.1. The second-order valence-corrected chi connectivity index (χ2v) is 3.76. The van der Waals surface area contributed by atoms with Crippen LogP contribution >= 0.6 is 0 Å². The molecule has 0 unspecified atom stereocenters. The lowest BCUT2D eigenvalue weighted by molar-refractivity contribution is -0.119. The lowest BCUT2D eigenvalue weighted by Crippen LogP contribution is -2.19. The molecule has 0 saturated carbocycles. The maximum Gasteiger partial charge on any atom is 0.227 e. The van der Waals surface area contributed by atoms with Crippen LogP contribution in [0.4, 0.5) is 5.69 Å². The first-order valence-corrected chi connectivity index (χ1v) is 5.71. The lowest BCUT2D eigenvalue weighted by Gasteiger charge is -2.10. The number of carbonyl (C=O) groups is 1. The fourth-order valence-corrected chi connectivity index (χ4v) is 1.25. The summed E-state index contributed by atoms with van der Waals surface area (Å²) in [6, 6.07) is 7.42. The van der Waals surface area contributed by atoms with Crippen molar-refractivity contribution in [2.45, 2.75) is 27.2 Å². The average Bonchev–Trinajstić information content (AvgIpc) is 2.31. The minimum Gasteiger partial charge on any atom is -0.494 e. The van der Waals surface area contributed by atoms with Crippen LogP contribution in [0.3, 0.4) is 0 Å². The summed E-state index contributed by atoms with van der Waals surface area (Å²) in [6.07, 6.45) is 0.850. The molecule has 0 heterocycles. The molecule has 0 aromatic heterocycles. The number of nitrogens with one attached hydrogen (secondary N) is 1. The second kappa shape index (κ2) is 6.16. The van der Waals surface area contributed by atoms with Gasteiger partial charge in [-0.15, -0.1) is 0 Å². The SMILES string of the molecule is CCOc1ccc(NC(=O)[C@H](C)CC)cc1. The summed E-state index contributed by atoms with van der Waals surface area (Å²) in [5.41, 5.74) is 0.814. The Hall–Kier alpha value is -1.51. The Morgan fingerprint density at radius 2 is 1.94 bits per heavy atom. The number of amides is 1. The normalized spacial score (nSPS) is 11.9. The van der Waals surface area contributed by atoms with E-state index in [0.717, 1.165) is 17.9 Å². The van der Waals surface area contributed by atoms with Crippen LogP contribution in [0.5, 0.6) is 5.75 Å². The van der Waals surface area contributed by atoms with E-state index in [2.05, 4.69) is 5.32 Å². The van der Waals surface area contributed by atoms with E-state index in [1.54, 1.807) is 0 Å². The Kier molecular flexibility index (Phi) is 4.83. The van der Waals surface area contributed by atoms with Gasteiger partial charge >= 0.3 is 0 Å². The third-order valence-corrected chi connectivity index (χ3v) is 2.49. The molecular weight excluding hydrogens is 202 g/mol. The highest BCUT2D eigenvalue weighted by Gasteiger charge is 2.09. The molecule has 0 fully saturated rings. The van der Waals surface area contributed by atoms with Crippen LogP contribution in [-0.4, -0.2) is 12.5 Å². The van der Waals surface area contributed by atoms with Gasteiger partial charge in [-0.05, 0) is 37.6 Å². The molecule has 16 heavy (non-hydrogen) atoms. The zero-order valence-corrected chi connectivity index (χ0v) is 10.1. The zero-order chi connectivity index (χ0) is 12.0. The average molecular weight is 221 g/mol. The molecule has 0 radical (unpaired) electrons. The van der Waals surface area contributed by atoms with Gasteiger partial charge in [-0.1, -0.05) is 13.8 Å². The van der Waals surface area contributed by atoms with Crippen LogP contribution in [0.2, 0.25) is 0 Å². The standard InChI is InChI=1S/C13H19NO2/c1-4-10(3)13(15)14-11-6-8-12(9-7-11)16-5-2/h6-10H,4-5H2,1-3H3,(H,14,15)/t10-/m1/s1. The number of hydrogen-bond donors (Lipinski definition) is 1. The molecule has 0 aliphatic carbocycles. The van der Waals surface area contributed by atoms with E-state index in [0.29, 0.717) is 6.61 Å². The van der Waals surface area contributed by atoms with E-state index in [-0.39, 0.29) is 11.8 Å². The number of rotatable bonds is 5. The van der Waals surface area contributed by atoms with Crippen LogP contribution in [0.1, 0.15) is 27.2 Å². The second-order valence-electron chi connectivity index (χ2n) is 3.76. The van der Waals surface area contributed by atoms with Crippen molar-refractivity contribution in [2.24, 2.45) is 5.92 Å². The van der Waals surface area contributed by atoms with Crippen molar-refractivity contribution in [3.8, 4) is 5.75 Å².